The van der Waals surface area contributed by atoms with Crippen LogP contribution in [0.15, 0.2) is 35.7 Å². The predicted octanol–water partition coefficient (Wildman–Crippen LogP) is 3.41. The van der Waals surface area contributed by atoms with Crippen molar-refractivity contribution in [1.82, 2.24) is 19.7 Å². The minimum Gasteiger partial charge on any atom is -0.497 e. The number of nitrogens with zero attached hydrogens (tertiary/aromatic N) is 4. The summed E-state index contributed by atoms with van der Waals surface area (Å²) in [7, 11) is 1.65. The van der Waals surface area contributed by atoms with Gasteiger partial charge in [-0.25, -0.2) is 0 Å². The Morgan fingerprint density at radius 2 is 2.11 bits per heavy atom. The van der Waals surface area contributed by atoms with E-state index in [4.69, 9.17) is 4.74 Å². The lowest BCUT2D eigenvalue weighted by Crippen LogP contribution is -2.45. The Labute approximate surface area is 164 Å². The smallest absolute Gasteiger partial charge is 0.233 e. The summed E-state index contributed by atoms with van der Waals surface area (Å²) in [6, 6.07) is 7.75. The molecule has 1 aliphatic carbocycles. The fraction of sp³-hybridized carbons (Fsp3) is 0.550. The number of methoxy groups -OCH3 is 1. The average molecular weight is 387 g/mol. The summed E-state index contributed by atoms with van der Waals surface area (Å²) >= 11 is 1.45. The lowest BCUT2D eigenvalue weighted by atomic mass is 9.75. The molecule has 0 N–H and O–H groups in total. The first-order chi connectivity index (χ1) is 13.2. The Kier molecular flexibility index (Phi) is 5.66. The van der Waals surface area contributed by atoms with Crippen LogP contribution in [0.3, 0.4) is 0 Å². The van der Waals surface area contributed by atoms with Crippen molar-refractivity contribution in [2.24, 2.45) is 11.8 Å². The lowest BCUT2D eigenvalue weighted by molar-refractivity contribution is -0.131. The van der Waals surface area contributed by atoms with Gasteiger partial charge in [0, 0.05) is 19.2 Å². The first-order valence-corrected chi connectivity index (χ1v) is 10.7. The Morgan fingerprint density at radius 1 is 1.26 bits per heavy atom. The van der Waals surface area contributed by atoms with Gasteiger partial charge >= 0.3 is 0 Å². The van der Waals surface area contributed by atoms with E-state index >= 15 is 0 Å². The summed E-state index contributed by atoms with van der Waals surface area (Å²) in [5.74, 6) is 2.95. The maximum atomic E-state index is 12.7. The zero-order valence-electron chi connectivity index (χ0n) is 15.7. The van der Waals surface area contributed by atoms with E-state index in [0.29, 0.717) is 11.7 Å². The highest BCUT2D eigenvalue weighted by Gasteiger charge is 2.32. The third-order valence-corrected chi connectivity index (χ3v) is 6.74. The van der Waals surface area contributed by atoms with E-state index in [2.05, 4.69) is 15.1 Å². The van der Waals surface area contributed by atoms with E-state index in [-0.39, 0.29) is 5.91 Å². The van der Waals surface area contributed by atoms with Crippen LogP contribution in [0, 0.1) is 11.8 Å². The van der Waals surface area contributed by atoms with Crippen LogP contribution in [0.2, 0.25) is 0 Å². The second-order valence-electron chi connectivity index (χ2n) is 7.41. The summed E-state index contributed by atoms with van der Waals surface area (Å²) in [4.78, 5) is 14.8. The van der Waals surface area contributed by atoms with E-state index < -0.39 is 0 Å². The van der Waals surface area contributed by atoms with E-state index in [1.54, 1.807) is 13.4 Å². The molecule has 1 aromatic heterocycles. The summed E-state index contributed by atoms with van der Waals surface area (Å²) in [6.07, 6.45) is 8.17. The number of aromatic nitrogens is 3. The van der Waals surface area contributed by atoms with E-state index in [1.165, 1.54) is 43.9 Å². The van der Waals surface area contributed by atoms with Crippen LogP contribution in [0.4, 0.5) is 0 Å². The van der Waals surface area contributed by atoms with Gasteiger partial charge in [0.1, 0.15) is 12.1 Å². The molecule has 6 nitrogen and oxygen atoms in total. The second kappa shape index (κ2) is 8.33. The van der Waals surface area contributed by atoms with Gasteiger partial charge in [-0.2, -0.15) is 0 Å². The van der Waals surface area contributed by atoms with Gasteiger partial charge in [-0.3, -0.25) is 9.36 Å². The molecule has 1 saturated heterocycles. The number of likely N-dealkylation sites (tertiary alicyclic amines) is 1. The maximum absolute atomic E-state index is 12.7. The molecule has 0 radical (unpaired) electrons. The van der Waals surface area contributed by atoms with Gasteiger partial charge in [0.25, 0.3) is 0 Å². The van der Waals surface area contributed by atoms with Crippen LogP contribution in [0.1, 0.15) is 32.1 Å². The highest BCUT2D eigenvalue weighted by atomic mass is 32.2. The number of hydrogen-bond donors (Lipinski definition) is 0. The number of hydrogen-bond acceptors (Lipinski definition) is 5. The van der Waals surface area contributed by atoms with Gasteiger partial charge in [0.15, 0.2) is 5.16 Å². The molecule has 27 heavy (non-hydrogen) atoms. The largest absolute Gasteiger partial charge is 0.497 e. The number of thioether (sulfide) groups is 1. The zero-order valence-corrected chi connectivity index (χ0v) is 16.5. The molecule has 1 saturated carbocycles. The quantitative estimate of drug-likeness (QED) is 0.737. The highest BCUT2D eigenvalue weighted by Crippen LogP contribution is 2.36. The van der Waals surface area contributed by atoms with E-state index in [0.717, 1.165) is 35.6 Å². The summed E-state index contributed by atoms with van der Waals surface area (Å²) in [5, 5.41) is 8.95. The first kappa shape index (κ1) is 18.3. The molecular weight excluding hydrogens is 360 g/mol. The second-order valence-corrected chi connectivity index (χ2v) is 8.35. The molecule has 7 heteroatoms. The zero-order chi connectivity index (χ0) is 18.6. The Hall–Kier alpha value is -2.02. The Morgan fingerprint density at radius 3 is 2.96 bits per heavy atom. The minimum atomic E-state index is 0.212. The number of carbonyl (C=O) groups excluding carboxylic acids is 1. The Bertz CT molecular complexity index is 794. The number of ether oxygens (including phenoxy) is 1. The molecule has 0 spiro atoms. The molecule has 0 unspecified atom stereocenters. The molecule has 1 amide bonds. The minimum absolute atomic E-state index is 0.212. The number of amides is 1. The van der Waals surface area contributed by atoms with Crippen molar-refractivity contribution in [3.8, 4) is 11.4 Å². The van der Waals surface area contributed by atoms with E-state index in [1.807, 2.05) is 28.8 Å². The molecule has 1 aromatic carbocycles. The first-order valence-electron chi connectivity index (χ1n) is 9.69. The molecule has 2 fully saturated rings. The number of piperidine rings is 1. The summed E-state index contributed by atoms with van der Waals surface area (Å²) in [5.41, 5.74) is 0.928. The van der Waals surface area contributed by atoms with Crippen LogP contribution in [0.25, 0.3) is 5.69 Å². The van der Waals surface area contributed by atoms with Gasteiger partial charge in [-0.05, 0) is 36.8 Å². The Balaban J connectivity index is 1.38. The number of fused-ring (bicyclic) bond motifs is 1. The summed E-state index contributed by atoms with van der Waals surface area (Å²) in [6.45, 7) is 1.84. The van der Waals surface area contributed by atoms with Gasteiger partial charge in [0.05, 0.1) is 18.6 Å². The molecule has 144 valence electrons. The van der Waals surface area contributed by atoms with Crippen LogP contribution in [0.5, 0.6) is 5.75 Å². The van der Waals surface area contributed by atoms with Gasteiger partial charge < -0.3 is 9.64 Å². The third-order valence-electron chi connectivity index (χ3n) is 5.82. The van der Waals surface area contributed by atoms with Gasteiger partial charge in [-0.15, -0.1) is 10.2 Å². The van der Waals surface area contributed by atoms with Crippen LogP contribution in [-0.4, -0.2) is 51.5 Å². The van der Waals surface area contributed by atoms with Crippen LogP contribution in [-0.2, 0) is 4.79 Å². The third kappa shape index (κ3) is 4.13. The van der Waals surface area contributed by atoms with Crippen molar-refractivity contribution in [3.05, 3.63) is 30.6 Å². The maximum Gasteiger partial charge on any atom is 0.233 e. The molecular formula is C20H26N4O2S. The normalized spacial score (nSPS) is 22.3. The van der Waals surface area contributed by atoms with Crippen molar-refractivity contribution >= 4 is 17.7 Å². The van der Waals surface area contributed by atoms with E-state index in [9.17, 15) is 4.79 Å². The lowest BCUT2D eigenvalue weighted by Gasteiger charge is -2.41. The van der Waals surface area contributed by atoms with Crippen molar-refractivity contribution in [2.45, 2.75) is 37.3 Å². The molecule has 2 heterocycles. The van der Waals surface area contributed by atoms with Crippen LogP contribution >= 0.6 is 11.8 Å². The van der Waals surface area contributed by atoms with Crippen molar-refractivity contribution < 1.29 is 9.53 Å². The van der Waals surface area contributed by atoms with Crippen molar-refractivity contribution in [1.29, 1.82) is 0 Å². The topological polar surface area (TPSA) is 60.2 Å². The van der Waals surface area contributed by atoms with Crippen molar-refractivity contribution in [2.75, 3.05) is 26.0 Å². The summed E-state index contributed by atoms with van der Waals surface area (Å²) < 4.78 is 7.19. The number of carbonyl (C=O) groups is 1. The van der Waals surface area contributed by atoms with Gasteiger partial charge in [0.2, 0.25) is 5.91 Å². The van der Waals surface area contributed by atoms with Gasteiger partial charge in [-0.1, -0.05) is 37.1 Å². The van der Waals surface area contributed by atoms with Crippen LogP contribution < -0.4 is 4.74 Å². The SMILES string of the molecule is COc1cccc(-n2cnnc2SCC(=O)N2CC[C@@H]3CCCC[C@H]3C2)c1. The van der Waals surface area contributed by atoms with Crippen molar-refractivity contribution in [3.63, 3.8) is 0 Å². The highest BCUT2D eigenvalue weighted by molar-refractivity contribution is 7.99. The number of benzene rings is 1. The average Bonchev–Trinajstić information content (AvgIpc) is 3.20. The number of rotatable bonds is 5. The standard InChI is InChI=1S/C20H26N4O2S/c1-26-18-8-4-7-17(11-18)24-14-21-22-20(24)27-13-19(25)23-10-9-15-5-2-3-6-16(15)12-23/h4,7-8,11,14-16H,2-3,5-6,9-10,12-13H2,1H3/t15-,16-/m0/s1. The fourth-order valence-electron chi connectivity index (χ4n) is 4.31. The predicted molar refractivity (Wildman–Crippen MR) is 105 cm³/mol. The molecule has 2 aliphatic rings. The molecule has 2 atom stereocenters. The molecule has 2 aromatic rings. The monoisotopic (exact) mass is 386 g/mol. The molecule has 1 aliphatic heterocycles. The fourth-order valence-corrected chi connectivity index (χ4v) is 5.14. The molecule has 0 bridgehead atoms. The molecule has 4 rings (SSSR count).